The highest BCUT2D eigenvalue weighted by Crippen LogP contribution is 2.35. The zero-order chi connectivity index (χ0) is 26.7. The smallest absolute Gasteiger partial charge is 0.456 e. The number of hydrogen-bond acceptors (Lipinski definition) is 6. The van der Waals surface area contributed by atoms with Gasteiger partial charge in [-0.25, -0.2) is 4.31 Å². The van der Waals surface area contributed by atoms with Crippen molar-refractivity contribution in [2.45, 2.75) is 50.7 Å². The van der Waals surface area contributed by atoms with E-state index in [1.165, 1.54) is 17.1 Å². The maximum absolute atomic E-state index is 12.8. The van der Waals surface area contributed by atoms with Crippen molar-refractivity contribution in [3.63, 3.8) is 0 Å². The van der Waals surface area contributed by atoms with Crippen molar-refractivity contribution in [1.82, 2.24) is 14.6 Å². The number of carbonyl (C=O) groups excluding carboxylic acids is 1. The Morgan fingerprint density at radius 2 is 1.84 bits per heavy atom. The first-order valence-corrected chi connectivity index (χ1v) is 13.7. The van der Waals surface area contributed by atoms with E-state index in [0.717, 1.165) is 34.4 Å². The number of halogens is 3. The standard InChI is InChI=1S/C28H31F3N4O2S/c1-18-25(34-27(36)21-4-7-24(8-5-21)37-17-19-2-3-19)9-6-22-14-20(16-33-26(18)22)15-32-23-10-12-35(13-11-23)38-28(29,30)31/h4-9,14,16,19,23,32H,2-3,10-13,15,17H2,1H3,(H,34,36). The molecule has 2 N–H and O–H groups in total. The number of hydrogen-bond donors (Lipinski definition) is 2. The number of amides is 1. The Morgan fingerprint density at radius 3 is 2.53 bits per heavy atom. The highest BCUT2D eigenvalue weighted by molar-refractivity contribution is 7.97. The van der Waals surface area contributed by atoms with Crippen molar-refractivity contribution >= 4 is 34.4 Å². The third kappa shape index (κ3) is 7.18. The number of benzene rings is 2. The van der Waals surface area contributed by atoms with E-state index in [1.54, 1.807) is 12.1 Å². The largest absolute Gasteiger partial charge is 0.493 e. The fourth-order valence-corrected chi connectivity index (χ4v) is 5.27. The van der Waals surface area contributed by atoms with Crippen LogP contribution in [0, 0.1) is 12.8 Å². The number of aryl methyl sites for hydroxylation is 1. The number of carbonyl (C=O) groups is 1. The van der Waals surface area contributed by atoms with Gasteiger partial charge in [-0.3, -0.25) is 9.78 Å². The SMILES string of the molecule is Cc1c(NC(=O)c2ccc(OCC3CC3)cc2)ccc2cc(CNC3CCN(SC(F)(F)F)CC3)cnc12. The van der Waals surface area contributed by atoms with Crippen LogP contribution in [0.3, 0.4) is 0 Å². The van der Waals surface area contributed by atoms with E-state index in [4.69, 9.17) is 4.74 Å². The summed E-state index contributed by atoms with van der Waals surface area (Å²) >= 11 is -0.0306. The lowest BCUT2D eigenvalue weighted by molar-refractivity contribution is -0.0367. The third-order valence-corrected chi connectivity index (χ3v) is 7.82. The van der Waals surface area contributed by atoms with Gasteiger partial charge in [0, 0.05) is 60.5 Å². The Kier molecular flexibility index (Phi) is 8.11. The molecule has 2 aliphatic rings. The number of fused-ring (bicyclic) bond motifs is 1. The molecule has 2 fully saturated rings. The van der Waals surface area contributed by atoms with E-state index in [0.29, 0.717) is 49.6 Å². The molecule has 38 heavy (non-hydrogen) atoms. The van der Waals surface area contributed by atoms with Crippen molar-refractivity contribution < 1.29 is 22.7 Å². The summed E-state index contributed by atoms with van der Waals surface area (Å²) in [4.78, 5) is 17.5. The molecule has 1 saturated heterocycles. The van der Waals surface area contributed by atoms with Crippen LogP contribution in [0.5, 0.6) is 5.75 Å². The molecule has 0 radical (unpaired) electrons. The highest BCUT2D eigenvalue weighted by atomic mass is 32.2. The van der Waals surface area contributed by atoms with Crippen molar-refractivity contribution in [3.05, 3.63) is 65.4 Å². The number of ether oxygens (including phenoxy) is 1. The van der Waals surface area contributed by atoms with Crippen molar-refractivity contribution in [2.75, 3.05) is 25.0 Å². The molecule has 1 saturated carbocycles. The lowest BCUT2D eigenvalue weighted by Gasteiger charge is -2.31. The summed E-state index contributed by atoms with van der Waals surface area (Å²) in [6.07, 6.45) is 5.61. The second kappa shape index (κ2) is 11.5. The topological polar surface area (TPSA) is 66.5 Å². The molecule has 2 aromatic carbocycles. The summed E-state index contributed by atoms with van der Waals surface area (Å²) in [5.41, 5.74) is -0.265. The van der Waals surface area contributed by atoms with Gasteiger partial charge >= 0.3 is 5.51 Å². The number of nitrogens with one attached hydrogen (secondary N) is 2. The van der Waals surface area contributed by atoms with Crippen LogP contribution in [-0.4, -0.2) is 46.4 Å². The third-order valence-electron chi connectivity index (χ3n) is 6.99. The van der Waals surface area contributed by atoms with Crippen LogP contribution >= 0.6 is 11.9 Å². The van der Waals surface area contributed by atoms with E-state index < -0.39 is 5.51 Å². The van der Waals surface area contributed by atoms with Gasteiger partial charge < -0.3 is 15.4 Å². The minimum atomic E-state index is -4.23. The van der Waals surface area contributed by atoms with Gasteiger partial charge in [-0.15, -0.1) is 0 Å². The molecule has 2 heterocycles. The predicted octanol–water partition coefficient (Wildman–Crippen LogP) is 6.31. The quantitative estimate of drug-likeness (QED) is 0.308. The van der Waals surface area contributed by atoms with Crippen LogP contribution in [0.15, 0.2) is 48.7 Å². The summed E-state index contributed by atoms with van der Waals surface area (Å²) in [5, 5.41) is 7.41. The first-order chi connectivity index (χ1) is 18.2. The second-order valence-corrected chi connectivity index (χ2v) is 11.2. The molecule has 0 spiro atoms. The van der Waals surface area contributed by atoms with Crippen LogP contribution in [0.25, 0.3) is 10.9 Å². The Morgan fingerprint density at radius 1 is 1.11 bits per heavy atom. The minimum absolute atomic E-state index is 0.0306. The van der Waals surface area contributed by atoms with Crippen molar-refractivity contribution in [1.29, 1.82) is 0 Å². The lowest BCUT2D eigenvalue weighted by atomic mass is 10.0. The van der Waals surface area contributed by atoms with Gasteiger partial charge in [0.2, 0.25) is 0 Å². The monoisotopic (exact) mass is 544 g/mol. The van der Waals surface area contributed by atoms with E-state index in [1.807, 2.05) is 37.4 Å². The molecule has 10 heteroatoms. The minimum Gasteiger partial charge on any atom is -0.493 e. The first kappa shape index (κ1) is 26.8. The molecule has 5 rings (SSSR count). The molecular formula is C28H31F3N4O2S. The van der Waals surface area contributed by atoms with E-state index in [2.05, 4.69) is 21.7 Å². The number of nitrogens with zero attached hydrogens (tertiary/aromatic N) is 2. The Bertz CT molecular complexity index is 1270. The molecule has 6 nitrogen and oxygen atoms in total. The van der Waals surface area contributed by atoms with Crippen LogP contribution in [0.4, 0.5) is 18.9 Å². The van der Waals surface area contributed by atoms with Gasteiger partial charge in [-0.1, -0.05) is 6.07 Å². The van der Waals surface area contributed by atoms with Gasteiger partial charge in [0.25, 0.3) is 5.91 Å². The van der Waals surface area contributed by atoms with Gasteiger partial charge in [-0.2, -0.15) is 13.2 Å². The summed E-state index contributed by atoms with van der Waals surface area (Å²) in [6, 6.07) is 13.2. The van der Waals surface area contributed by atoms with Gasteiger partial charge in [0.15, 0.2) is 0 Å². The molecule has 0 atom stereocenters. The maximum atomic E-state index is 12.8. The van der Waals surface area contributed by atoms with Crippen LogP contribution in [-0.2, 0) is 6.54 Å². The fraction of sp³-hybridized carbons (Fsp3) is 0.429. The van der Waals surface area contributed by atoms with E-state index >= 15 is 0 Å². The van der Waals surface area contributed by atoms with Gasteiger partial charge in [-0.05, 0) is 86.1 Å². The molecule has 1 aliphatic carbocycles. The maximum Gasteiger partial charge on any atom is 0.456 e. The normalized spacial score (nSPS) is 17.1. The van der Waals surface area contributed by atoms with Gasteiger partial charge in [0.1, 0.15) is 5.75 Å². The summed E-state index contributed by atoms with van der Waals surface area (Å²) < 4.78 is 44.8. The molecular weight excluding hydrogens is 513 g/mol. The highest BCUT2D eigenvalue weighted by Gasteiger charge is 2.34. The lowest BCUT2D eigenvalue weighted by Crippen LogP contribution is -2.40. The molecule has 1 amide bonds. The van der Waals surface area contributed by atoms with Gasteiger partial charge in [0.05, 0.1) is 12.1 Å². The summed E-state index contributed by atoms with van der Waals surface area (Å²) in [6.45, 7) is 4.08. The predicted molar refractivity (Wildman–Crippen MR) is 144 cm³/mol. The van der Waals surface area contributed by atoms with Crippen molar-refractivity contribution in [2.24, 2.45) is 5.92 Å². The van der Waals surface area contributed by atoms with Crippen LogP contribution in [0.2, 0.25) is 0 Å². The van der Waals surface area contributed by atoms with E-state index in [-0.39, 0.29) is 23.9 Å². The molecule has 202 valence electrons. The fourth-order valence-electron chi connectivity index (χ4n) is 4.58. The van der Waals surface area contributed by atoms with Crippen LogP contribution in [0.1, 0.15) is 47.2 Å². The zero-order valence-electron chi connectivity index (χ0n) is 21.2. The average molecular weight is 545 g/mol. The summed E-state index contributed by atoms with van der Waals surface area (Å²) in [7, 11) is 0. The van der Waals surface area contributed by atoms with E-state index in [9.17, 15) is 18.0 Å². The Balaban J connectivity index is 1.15. The number of pyridine rings is 1. The Hall–Kier alpha value is -2.82. The average Bonchev–Trinajstić information content (AvgIpc) is 3.73. The number of rotatable bonds is 9. The molecule has 0 bridgehead atoms. The molecule has 1 aliphatic heterocycles. The molecule has 0 unspecified atom stereocenters. The number of anilines is 1. The first-order valence-electron chi connectivity index (χ1n) is 12.9. The zero-order valence-corrected chi connectivity index (χ0v) is 22.0. The molecule has 3 aromatic rings. The number of alkyl halides is 3. The van der Waals surface area contributed by atoms with Crippen molar-refractivity contribution in [3.8, 4) is 5.75 Å². The number of piperidine rings is 1. The van der Waals surface area contributed by atoms with Crippen LogP contribution < -0.4 is 15.4 Å². The second-order valence-electron chi connectivity index (χ2n) is 10.0. The Labute approximate surface area is 224 Å². The molecule has 1 aromatic heterocycles. The summed E-state index contributed by atoms with van der Waals surface area (Å²) in [5.74, 6) is 1.25. The number of aromatic nitrogens is 1.